The number of aromatic nitrogens is 3. The molecule has 0 saturated carbocycles. The van der Waals surface area contributed by atoms with E-state index >= 15 is 0 Å². The second-order valence-corrected chi connectivity index (χ2v) is 11.9. The van der Waals surface area contributed by atoms with Gasteiger partial charge in [0.25, 0.3) is 5.91 Å². The van der Waals surface area contributed by atoms with Gasteiger partial charge in [-0.3, -0.25) is 9.48 Å². The Hall–Kier alpha value is -3.20. The fourth-order valence-electron chi connectivity index (χ4n) is 5.09. The molecule has 0 saturated heterocycles. The number of nitrogens with one attached hydrogen (secondary N) is 1. The average molecular weight is 640 g/mol. The van der Waals surface area contributed by atoms with Gasteiger partial charge in [-0.15, -0.1) is 24.2 Å². The highest BCUT2D eigenvalue weighted by molar-refractivity contribution is 9.10. The topological polar surface area (TPSA) is 72.1 Å². The van der Waals surface area contributed by atoms with E-state index in [1.54, 1.807) is 34.9 Å². The minimum atomic E-state index is -0.231. The van der Waals surface area contributed by atoms with Crippen molar-refractivity contribution in [3.8, 4) is 5.75 Å². The number of aryl methyl sites for hydroxylation is 5. The molecule has 0 aliphatic rings. The molecule has 9 heteroatoms. The molecule has 0 spiro atoms. The second kappa shape index (κ2) is 12.1. The number of hydrogen-bond acceptors (Lipinski definition) is 4. The van der Waals surface area contributed by atoms with Crippen molar-refractivity contribution in [1.82, 2.24) is 14.3 Å². The standard InChI is InChI=1S/C31H31BrN4O2S.ClH/c1-18-6-8-22(9-7-18)15-36-26-13-25(32)28(37)12-24(26)29(31(38)34-23-14-33-35(5)16-23)27(36)17-39-30-20(3)10-19(2)11-21(30)4;/h6-14,16,37H,15,17H2,1-5H3,(H,34,38);1H. The summed E-state index contributed by atoms with van der Waals surface area (Å²) in [5.74, 6) is 0.444. The van der Waals surface area contributed by atoms with Crippen LogP contribution in [0.2, 0.25) is 0 Å². The summed E-state index contributed by atoms with van der Waals surface area (Å²) in [7, 11) is 1.81. The minimum absolute atomic E-state index is 0. The van der Waals surface area contributed by atoms with Crippen LogP contribution in [0.3, 0.4) is 0 Å². The van der Waals surface area contributed by atoms with Crippen molar-refractivity contribution in [3.63, 3.8) is 0 Å². The van der Waals surface area contributed by atoms with Crippen molar-refractivity contribution < 1.29 is 9.90 Å². The SMILES string of the molecule is Cc1ccc(Cn2c(CSc3c(C)cc(C)cc3C)c(C(=O)Nc3cnn(C)c3)c3cc(O)c(Br)cc32)cc1.Cl. The molecule has 5 rings (SSSR count). The maximum Gasteiger partial charge on any atom is 0.258 e. The third kappa shape index (κ3) is 6.09. The first-order valence-electron chi connectivity index (χ1n) is 12.7. The van der Waals surface area contributed by atoms with Gasteiger partial charge in [0.15, 0.2) is 0 Å². The van der Waals surface area contributed by atoms with E-state index in [2.05, 4.69) is 95.0 Å². The summed E-state index contributed by atoms with van der Waals surface area (Å²) in [4.78, 5) is 15.1. The average Bonchev–Trinajstić information content (AvgIpc) is 3.40. The van der Waals surface area contributed by atoms with Crippen LogP contribution >= 0.6 is 40.1 Å². The fourth-order valence-corrected chi connectivity index (χ4v) is 6.57. The number of hydrogen-bond donors (Lipinski definition) is 2. The summed E-state index contributed by atoms with van der Waals surface area (Å²) in [5, 5.41) is 18.6. The molecule has 0 unspecified atom stereocenters. The molecule has 0 atom stereocenters. The van der Waals surface area contributed by atoms with Crippen LogP contribution in [-0.4, -0.2) is 25.4 Å². The molecule has 208 valence electrons. The largest absolute Gasteiger partial charge is 0.507 e. The normalized spacial score (nSPS) is 11.1. The van der Waals surface area contributed by atoms with Gasteiger partial charge in [0.2, 0.25) is 0 Å². The van der Waals surface area contributed by atoms with Crippen molar-refractivity contribution in [1.29, 1.82) is 0 Å². The van der Waals surface area contributed by atoms with E-state index in [1.165, 1.54) is 27.1 Å². The Morgan fingerprint density at radius 1 is 1.02 bits per heavy atom. The lowest BCUT2D eigenvalue weighted by Gasteiger charge is -2.15. The molecule has 6 nitrogen and oxygen atoms in total. The molecule has 0 fully saturated rings. The van der Waals surface area contributed by atoms with E-state index < -0.39 is 0 Å². The molecule has 0 aliphatic carbocycles. The zero-order chi connectivity index (χ0) is 27.8. The highest BCUT2D eigenvalue weighted by Crippen LogP contribution is 2.39. The van der Waals surface area contributed by atoms with Crippen LogP contribution in [0.4, 0.5) is 5.69 Å². The lowest BCUT2D eigenvalue weighted by molar-refractivity contribution is 0.102. The van der Waals surface area contributed by atoms with Gasteiger partial charge in [0.05, 0.1) is 27.4 Å². The van der Waals surface area contributed by atoms with E-state index in [4.69, 9.17) is 0 Å². The molecular formula is C31H32BrClN4O2S. The number of halogens is 2. The zero-order valence-electron chi connectivity index (χ0n) is 23.1. The fraction of sp³-hybridized carbons (Fsp3) is 0.226. The zero-order valence-corrected chi connectivity index (χ0v) is 26.3. The number of nitrogens with zero attached hydrogens (tertiary/aromatic N) is 3. The van der Waals surface area contributed by atoms with Gasteiger partial charge in [-0.1, -0.05) is 47.5 Å². The first-order chi connectivity index (χ1) is 18.6. The first kappa shape index (κ1) is 29.8. The summed E-state index contributed by atoms with van der Waals surface area (Å²) in [6.07, 6.45) is 3.40. The Kier molecular flexibility index (Phi) is 9.02. The molecule has 2 aromatic heterocycles. The number of thioether (sulfide) groups is 1. The van der Waals surface area contributed by atoms with Crippen LogP contribution in [0, 0.1) is 27.7 Å². The number of anilines is 1. The van der Waals surface area contributed by atoms with Crippen LogP contribution in [0.5, 0.6) is 5.75 Å². The van der Waals surface area contributed by atoms with Crippen molar-refractivity contribution in [2.24, 2.45) is 7.05 Å². The van der Waals surface area contributed by atoms with Gasteiger partial charge in [-0.05, 0) is 72.4 Å². The third-order valence-corrected chi connectivity index (χ3v) is 8.83. The van der Waals surface area contributed by atoms with E-state index in [-0.39, 0.29) is 24.1 Å². The van der Waals surface area contributed by atoms with Crippen molar-refractivity contribution in [2.75, 3.05) is 5.32 Å². The monoisotopic (exact) mass is 638 g/mol. The molecular weight excluding hydrogens is 608 g/mol. The number of aromatic hydroxyl groups is 1. The maximum absolute atomic E-state index is 13.9. The summed E-state index contributed by atoms with van der Waals surface area (Å²) in [6, 6.07) is 16.4. The number of phenols is 1. The Morgan fingerprint density at radius 2 is 1.70 bits per heavy atom. The van der Waals surface area contributed by atoms with Crippen LogP contribution in [0.1, 0.15) is 43.9 Å². The number of carbonyl (C=O) groups excluding carboxylic acids is 1. The van der Waals surface area contributed by atoms with Crippen LogP contribution in [-0.2, 0) is 19.3 Å². The van der Waals surface area contributed by atoms with Crippen LogP contribution in [0.25, 0.3) is 10.9 Å². The molecule has 5 aromatic rings. The predicted molar refractivity (Wildman–Crippen MR) is 170 cm³/mol. The number of rotatable bonds is 7. The highest BCUT2D eigenvalue weighted by Gasteiger charge is 2.25. The number of fused-ring (bicyclic) bond motifs is 1. The van der Waals surface area contributed by atoms with Crippen molar-refractivity contribution >= 4 is 62.6 Å². The minimum Gasteiger partial charge on any atom is -0.507 e. The highest BCUT2D eigenvalue weighted by atomic mass is 79.9. The number of benzene rings is 3. The molecule has 1 amide bonds. The van der Waals surface area contributed by atoms with Crippen LogP contribution < -0.4 is 5.32 Å². The van der Waals surface area contributed by atoms with Gasteiger partial charge in [-0.2, -0.15) is 5.10 Å². The van der Waals surface area contributed by atoms with Crippen LogP contribution in [0.15, 0.2) is 70.3 Å². The Labute approximate surface area is 253 Å². The number of carbonyl (C=O) groups is 1. The molecule has 0 radical (unpaired) electrons. The Bertz CT molecular complexity index is 1690. The number of amides is 1. The molecule has 0 bridgehead atoms. The quantitative estimate of drug-likeness (QED) is 0.177. The van der Waals surface area contributed by atoms with E-state index in [0.717, 1.165) is 16.8 Å². The van der Waals surface area contributed by atoms with Crippen molar-refractivity contribution in [3.05, 3.63) is 104 Å². The maximum atomic E-state index is 13.9. The number of phenolic OH excluding ortho intramolecular Hbond substituents is 1. The van der Waals surface area contributed by atoms with Gasteiger partial charge < -0.3 is 15.0 Å². The molecule has 3 aromatic carbocycles. The molecule has 0 aliphatic heterocycles. The lowest BCUT2D eigenvalue weighted by Crippen LogP contribution is -2.15. The first-order valence-corrected chi connectivity index (χ1v) is 14.5. The lowest BCUT2D eigenvalue weighted by atomic mass is 10.1. The summed E-state index contributed by atoms with van der Waals surface area (Å²) in [6.45, 7) is 9.05. The molecule has 2 heterocycles. The molecule has 40 heavy (non-hydrogen) atoms. The van der Waals surface area contributed by atoms with Crippen molar-refractivity contribution in [2.45, 2.75) is 44.9 Å². The molecule has 2 N–H and O–H groups in total. The Morgan fingerprint density at radius 3 is 2.33 bits per heavy atom. The Balaban J connectivity index is 0.00000370. The van der Waals surface area contributed by atoms with E-state index in [0.29, 0.717) is 33.4 Å². The second-order valence-electron chi connectivity index (χ2n) is 10.1. The smallest absolute Gasteiger partial charge is 0.258 e. The summed E-state index contributed by atoms with van der Waals surface area (Å²) in [5.41, 5.74) is 8.96. The van der Waals surface area contributed by atoms with Gasteiger partial charge >= 0.3 is 0 Å². The van der Waals surface area contributed by atoms with E-state index in [9.17, 15) is 9.90 Å². The van der Waals surface area contributed by atoms with Gasteiger partial charge in [-0.25, -0.2) is 0 Å². The van der Waals surface area contributed by atoms with E-state index in [1.807, 2.05) is 13.1 Å². The summed E-state index contributed by atoms with van der Waals surface area (Å²) >= 11 is 5.23. The third-order valence-electron chi connectivity index (χ3n) is 6.85. The predicted octanol–water partition coefficient (Wildman–Crippen LogP) is 8.09. The summed E-state index contributed by atoms with van der Waals surface area (Å²) < 4.78 is 4.44. The van der Waals surface area contributed by atoms with Gasteiger partial charge in [0, 0.05) is 41.5 Å². The van der Waals surface area contributed by atoms with Gasteiger partial charge in [0.1, 0.15) is 5.75 Å².